The minimum atomic E-state index is -2.75. The summed E-state index contributed by atoms with van der Waals surface area (Å²) in [6, 6.07) is 0. The summed E-state index contributed by atoms with van der Waals surface area (Å²) in [5.74, 6) is 0.634. The lowest BCUT2D eigenvalue weighted by molar-refractivity contribution is 0.587. The van der Waals surface area contributed by atoms with Crippen LogP contribution in [0.2, 0.25) is 0 Å². The molecule has 2 nitrogen and oxygen atoms in total. The summed E-state index contributed by atoms with van der Waals surface area (Å²) in [5.41, 5.74) is 0. The van der Waals surface area contributed by atoms with Gasteiger partial charge in [-0.2, -0.15) is 0 Å². The Morgan fingerprint density at radius 1 is 1.14 bits per heavy atom. The molecule has 0 aromatic heterocycles. The highest BCUT2D eigenvalue weighted by molar-refractivity contribution is 9.09. The Morgan fingerprint density at radius 2 is 1.79 bits per heavy atom. The molecular weight excluding hydrogens is 264 g/mol. The first-order valence-electron chi connectivity index (χ1n) is 5.36. The maximum Gasteiger partial charge on any atom is 0.150 e. The maximum atomic E-state index is 11.2. The van der Waals surface area contributed by atoms with Gasteiger partial charge in [-0.15, -0.1) is 0 Å². The van der Waals surface area contributed by atoms with Crippen LogP contribution in [0, 0.1) is 0 Å². The van der Waals surface area contributed by atoms with E-state index in [1.54, 1.807) is 6.92 Å². The smallest absolute Gasteiger partial charge is 0.150 e. The highest BCUT2D eigenvalue weighted by atomic mass is 79.9. The highest BCUT2D eigenvalue weighted by Gasteiger charge is 2.07. The van der Waals surface area contributed by atoms with Gasteiger partial charge in [0.05, 0.1) is 5.75 Å². The number of hydrogen-bond acceptors (Lipinski definition) is 2. The Balaban J connectivity index is 3.47. The van der Waals surface area contributed by atoms with Crippen LogP contribution in [-0.2, 0) is 9.84 Å². The average Bonchev–Trinajstić information content (AvgIpc) is 2.13. The van der Waals surface area contributed by atoms with Gasteiger partial charge in [-0.25, -0.2) is 8.42 Å². The fraction of sp³-hybridized carbons (Fsp3) is 1.00. The van der Waals surface area contributed by atoms with Crippen molar-refractivity contribution in [1.82, 2.24) is 0 Å². The van der Waals surface area contributed by atoms with Crippen molar-refractivity contribution in [1.29, 1.82) is 0 Å². The first-order chi connectivity index (χ1) is 6.52. The largest absolute Gasteiger partial charge is 0.229 e. The molecule has 0 radical (unpaired) electrons. The van der Waals surface area contributed by atoms with Crippen LogP contribution in [0.4, 0.5) is 0 Å². The summed E-state index contributed by atoms with van der Waals surface area (Å²) >= 11 is 3.59. The maximum absolute atomic E-state index is 11.2. The van der Waals surface area contributed by atoms with Gasteiger partial charge >= 0.3 is 0 Å². The molecule has 86 valence electrons. The Labute approximate surface area is 96.5 Å². The lowest BCUT2D eigenvalue weighted by Gasteiger charge is -2.07. The van der Waals surface area contributed by atoms with Gasteiger partial charge in [-0.05, 0) is 19.3 Å². The van der Waals surface area contributed by atoms with Gasteiger partial charge in [0, 0.05) is 10.6 Å². The third kappa shape index (κ3) is 7.80. The number of alkyl halides is 1. The van der Waals surface area contributed by atoms with Crippen LogP contribution in [0.25, 0.3) is 0 Å². The van der Waals surface area contributed by atoms with Gasteiger partial charge < -0.3 is 0 Å². The first kappa shape index (κ1) is 14.4. The van der Waals surface area contributed by atoms with Gasteiger partial charge in [-0.1, -0.05) is 42.6 Å². The minimum absolute atomic E-state index is 0.277. The van der Waals surface area contributed by atoms with Crippen molar-refractivity contribution < 1.29 is 8.42 Å². The molecule has 14 heavy (non-hydrogen) atoms. The van der Waals surface area contributed by atoms with E-state index in [4.69, 9.17) is 0 Å². The van der Waals surface area contributed by atoms with Crippen molar-refractivity contribution in [2.75, 3.05) is 11.5 Å². The normalized spacial score (nSPS) is 14.2. The van der Waals surface area contributed by atoms with Crippen LogP contribution in [0.15, 0.2) is 0 Å². The molecule has 0 aromatic carbocycles. The van der Waals surface area contributed by atoms with Crippen molar-refractivity contribution in [2.45, 2.75) is 50.8 Å². The fourth-order valence-electron chi connectivity index (χ4n) is 1.29. The fourth-order valence-corrected chi connectivity index (χ4v) is 3.00. The van der Waals surface area contributed by atoms with Gasteiger partial charge in [0.25, 0.3) is 0 Å². The first-order valence-corrected chi connectivity index (χ1v) is 8.10. The zero-order valence-electron chi connectivity index (χ0n) is 9.13. The summed E-state index contributed by atoms with van der Waals surface area (Å²) in [7, 11) is -2.75. The molecule has 0 aliphatic heterocycles. The summed E-state index contributed by atoms with van der Waals surface area (Å²) < 4.78 is 22.3. The molecule has 4 heteroatoms. The summed E-state index contributed by atoms with van der Waals surface area (Å²) in [6.07, 6.45) is 5.27. The molecule has 1 unspecified atom stereocenters. The van der Waals surface area contributed by atoms with Crippen molar-refractivity contribution in [3.63, 3.8) is 0 Å². The Morgan fingerprint density at radius 3 is 2.29 bits per heavy atom. The third-order valence-electron chi connectivity index (χ3n) is 2.26. The van der Waals surface area contributed by atoms with Gasteiger partial charge in [-0.3, -0.25) is 0 Å². The number of sulfone groups is 1. The molecule has 0 amide bonds. The Kier molecular flexibility index (Phi) is 7.92. The van der Waals surface area contributed by atoms with Crippen molar-refractivity contribution >= 4 is 25.8 Å². The van der Waals surface area contributed by atoms with E-state index < -0.39 is 9.84 Å². The van der Waals surface area contributed by atoms with Crippen LogP contribution in [0.3, 0.4) is 0 Å². The highest BCUT2D eigenvalue weighted by Crippen LogP contribution is 2.15. The second kappa shape index (κ2) is 7.69. The lowest BCUT2D eigenvalue weighted by Crippen LogP contribution is -2.09. The van der Waals surface area contributed by atoms with Gasteiger partial charge in [0.15, 0.2) is 0 Å². The molecule has 0 aromatic rings. The molecule has 0 fully saturated rings. The predicted octanol–water partition coefficient (Wildman–Crippen LogP) is 3.16. The van der Waals surface area contributed by atoms with E-state index in [1.165, 1.54) is 12.8 Å². The van der Waals surface area contributed by atoms with Crippen molar-refractivity contribution in [2.24, 2.45) is 0 Å². The van der Waals surface area contributed by atoms with E-state index in [9.17, 15) is 8.42 Å². The van der Waals surface area contributed by atoms with E-state index in [-0.39, 0.29) is 5.75 Å². The Hall–Kier alpha value is 0.430. The van der Waals surface area contributed by atoms with E-state index >= 15 is 0 Å². The summed E-state index contributed by atoms with van der Waals surface area (Å²) in [6.45, 7) is 3.87. The molecule has 0 N–H and O–H groups in total. The second-order valence-corrected chi connectivity index (χ2v) is 7.39. The molecule has 0 aliphatic carbocycles. The summed E-state index contributed by atoms with van der Waals surface area (Å²) in [4.78, 5) is 0.567. The van der Waals surface area contributed by atoms with Crippen molar-refractivity contribution in [3.05, 3.63) is 0 Å². The van der Waals surface area contributed by atoms with E-state index in [1.807, 2.05) is 0 Å². The molecule has 1 atom stereocenters. The van der Waals surface area contributed by atoms with Crippen LogP contribution in [-0.4, -0.2) is 24.8 Å². The molecule has 0 rings (SSSR count). The van der Waals surface area contributed by atoms with Gasteiger partial charge in [0.2, 0.25) is 0 Å². The molecule has 0 heterocycles. The van der Waals surface area contributed by atoms with E-state index in [0.29, 0.717) is 10.6 Å². The molecule has 0 saturated heterocycles. The topological polar surface area (TPSA) is 34.1 Å². The molecule has 0 spiro atoms. The predicted molar refractivity (Wildman–Crippen MR) is 65.8 cm³/mol. The number of hydrogen-bond donors (Lipinski definition) is 0. The third-order valence-corrected chi connectivity index (χ3v) is 4.97. The summed E-state index contributed by atoms with van der Waals surface area (Å²) in [5, 5.41) is 0. The Bertz CT molecular complexity index is 224. The number of unbranched alkanes of at least 4 members (excludes halogenated alkanes) is 1. The van der Waals surface area contributed by atoms with Crippen LogP contribution in [0.1, 0.15) is 46.0 Å². The molecule has 0 bridgehead atoms. The zero-order valence-corrected chi connectivity index (χ0v) is 11.5. The molecule has 0 aliphatic rings. The quantitative estimate of drug-likeness (QED) is 0.507. The lowest BCUT2D eigenvalue weighted by atomic mass is 10.1. The molecule has 0 saturated carbocycles. The van der Waals surface area contributed by atoms with E-state index in [0.717, 1.165) is 19.3 Å². The van der Waals surface area contributed by atoms with Crippen molar-refractivity contribution in [3.8, 4) is 0 Å². The van der Waals surface area contributed by atoms with Gasteiger partial charge in [0.1, 0.15) is 9.84 Å². The minimum Gasteiger partial charge on any atom is -0.229 e. The number of halogens is 1. The average molecular weight is 285 g/mol. The second-order valence-electron chi connectivity index (χ2n) is 3.62. The molecular formula is C10H21BrO2S. The van der Waals surface area contributed by atoms with Crippen LogP contribution in [0.5, 0.6) is 0 Å². The standard InChI is InChI=1S/C10H21BrO2S/c1-3-7-10(11)8-5-6-9-14(12,13)4-2/h10H,3-9H2,1-2H3. The van der Waals surface area contributed by atoms with E-state index in [2.05, 4.69) is 22.9 Å². The number of rotatable bonds is 8. The zero-order chi connectivity index (χ0) is 11.0. The SMILES string of the molecule is CCCC(Br)CCCCS(=O)(=O)CC. The van der Waals surface area contributed by atoms with Crippen LogP contribution >= 0.6 is 15.9 Å². The monoisotopic (exact) mass is 284 g/mol. The van der Waals surface area contributed by atoms with Crippen LogP contribution < -0.4 is 0 Å².